The maximum absolute atomic E-state index is 12.1. The highest BCUT2D eigenvalue weighted by atomic mass is 16.5. The Morgan fingerprint density at radius 2 is 2.09 bits per heavy atom. The molecule has 2 heterocycles. The molecule has 0 saturated carbocycles. The number of rotatable bonds is 4. The Bertz CT molecular complexity index is 949. The van der Waals surface area contributed by atoms with Gasteiger partial charge in [-0.15, -0.1) is 4.68 Å². The van der Waals surface area contributed by atoms with E-state index in [1.165, 1.54) is 13.4 Å². The average Bonchev–Trinajstić information content (AvgIpc) is 2.87. The Morgan fingerprint density at radius 1 is 1.26 bits per heavy atom. The molecule has 0 unspecified atom stereocenters. The topological polar surface area (TPSA) is 87.7 Å². The number of aromatic nitrogens is 6. The molecule has 2 aromatic heterocycles. The normalized spacial score (nSPS) is 11.3. The first kappa shape index (κ1) is 13.6. The molecule has 8 nitrogen and oxygen atoms in total. The molecule has 118 valence electrons. The molecule has 3 aromatic rings. The third-order valence-corrected chi connectivity index (χ3v) is 3.45. The lowest BCUT2D eigenvalue weighted by Gasteiger charge is -2.12. The van der Waals surface area contributed by atoms with Crippen LogP contribution < -0.4 is 10.4 Å². The van der Waals surface area contributed by atoms with Crippen LogP contribution in [0.15, 0.2) is 35.4 Å². The summed E-state index contributed by atoms with van der Waals surface area (Å²) in [6.07, 6.45) is 1.37. The van der Waals surface area contributed by atoms with Crippen molar-refractivity contribution in [3.8, 4) is 11.6 Å². The van der Waals surface area contributed by atoms with Crippen LogP contribution in [0.3, 0.4) is 0 Å². The number of hydrogen-bond acceptors (Lipinski definition) is 6. The monoisotopic (exact) mass is 314 g/mol. The lowest BCUT2D eigenvalue weighted by atomic mass is 10.2. The van der Waals surface area contributed by atoms with Gasteiger partial charge in [-0.3, -0.25) is 0 Å². The van der Waals surface area contributed by atoms with Gasteiger partial charge < -0.3 is 4.74 Å². The van der Waals surface area contributed by atoms with Gasteiger partial charge in [0.25, 0.3) is 0 Å². The van der Waals surface area contributed by atoms with E-state index in [1.807, 2.05) is 13.8 Å². The largest absolute Gasteiger partial charge is 0.488 e. The van der Waals surface area contributed by atoms with E-state index in [0.29, 0.717) is 28.9 Å². The van der Waals surface area contributed by atoms with Crippen molar-refractivity contribution in [3.63, 3.8) is 0 Å². The van der Waals surface area contributed by atoms with E-state index in [4.69, 9.17) is 6.11 Å². The second-order valence-electron chi connectivity index (χ2n) is 5.04. The number of aryl methyl sites for hydroxylation is 3. The Hall–Kier alpha value is -3.03. The van der Waals surface area contributed by atoms with E-state index in [2.05, 4.69) is 20.4 Å². The number of benzene rings is 1. The van der Waals surface area contributed by atoms with Gasteiger partial charge in [-0.25, -0.2) is 14.8 Å². The first-order valence-corrected chi connectivity index (χ1v) is 6.97. The minimum atomic E-state index is -0.399. The SMILES string of the molecule is [3H]c1ccc(OCc2c(C)ncnc2-n2nnn(C)c2=O)c(C)c1. The van der Waals surface area contributed by atoms with Gasteiger partial charge in [0.1, 0.15) is 18.7 Å². The minimum Gasteiger partial charge on any atom is -0.488 e. The molecular formula is C15H16N6O2. The van der Waals surface area contributed by atoms with E-state index < -0.39 is 5.69 Å². The van der Waals surface area contributed by atoms with Gasteiger partial charge in [0.15, 0.2) is 5.82 Å². The minimum absolute atomic E-state index is 0.170. The molecule has 8 heteroatoms. The van der Waals surface area contributed by atoms with E-state index >= 15 is 0 Å². The van der Waals surface area contributed by atoms with Crippen LogP contribution in [0.2, 0.25) is 0 Å². The molecule has 3 rings (SSSR count). The molecule has 23 heavy (non-hydrogen) atoms. The van der Waals surface area contributed by atoms with E-state index in [1.54, 1.807) is 18.2 Å². The molecule has 0 N–H and O–H groups in total. The van der Waals surface area contributed by atoms with E-state index in [0.717, 1.165) is 14.9 Å². The lowest BCUT2D eigenvalue weighted by molar-refractivity contribution is 0.301. The summed E-state index contributed by atoms with van der Waals surface area (Å²) in [6, 6.07) is 5.54. The van der Waals surface area contributed by atoms with Crippen molar-refractivity contribution in [3.05, 3.63) is 57.9 Å². The average molecular weight is 314 g/mol. The summed E-state index contributed by atoms with van der Waals surface area (Å²) in [6.45, 7) is 3.85. The van der Waals surface area contributed by atoms with Crippen molar-refractivity contribution in [2.24, 2.45) is 7.05 Å². The quantitative estimate of drug-likeness (QED) is 0.712. The summed E-state index contributed by atoms with van der Waals surface area (Å²) in [7, 11) is 1.52. The van der Waals surface area contributed by atoms with Crippen molar-refractivity contribution in [2.45, 2.75) is 20.5 Å². The standard InChI is InChI=1S/C15H16N6O2/c1-10-6-4-5-7-13(10)23-8-12-11(2)16-9-17-14(12)21-15(22)20(3)18-19-21/h4-7,9H,8H2,1-3H3/i4T. The summed E-state index contributed by atoms with van der Waals surface area (Å²) in [4.78, 5) is 20.4. The van der Waals surface area contributed by atoms with Gasteiger partial charge in [-0.2, -0.15) is 4.68 Å². The fourth-order valence-corrected chi connectivity index (χ4v) is 2.10. The van der Waals surface area contributed by atoms with E-state index in [9.17, 15) is 4.79 Å². The van der Waals surface area contributed by atoms with Crippen LogP contribution in [0.4, 0.5) is 0 Å². The van der Waals surface area contributed by atoms with Crippen molar-refractivity contribution in [1.29, 1.82) is 0 Å². The Kier molecular flexibility index (Phi) is 3.55. The number of hydrogen-bond donors (Lipinski definition) is 0. The molecular weight excluding hydrogens is 296 g/mol. The molecule has 1 aromatic carbocycles. The fourth-order valence-electron chi connectivity index (χ4n) is 2.10. The molecule has 0 aliphatic carbocycles. The summed E-state index contributed by atoms with van der Waals surface area (Å²) in [5.74, 6) is 1.00. The maximum Gasteiger partial charge on any atom is 0.369 e. The Balaban J connectivity index is 1.96. The Labute approximate surface area is 133 Å². The number of ether oxygens (including phenoxy) is 1. The van der Waals surface area contributed by atoms with Gasteiger partial charge in [0, 0.05) is 12.7 Å². The van der Waals surface area contributed by atoms with Gasteiger partial charge in [0.05, 0.1) is 6.93 Å². The zero-order chi connectivity index (χ0) is 17.3. The van der Waals surface area contributed by atoms with Gasteiger partial charge in [0.2, 0.25) is 0 Å². The molecule has 0 radical (unpaired) electrons. The molecule has 0 bridgehead atoms. The van der Waals surface area contributed by atoms with Crippen molar-refractivity contribution in [2.75, 3.05) is 0 Å². The summed E-state index contributed by atoms with van der Waals surface area (Å²) in [5.41, 5.74) is 1.79. The second kappa shape index (κ2) is 5.99. The maximum atomic E-state index is 12.1. The highest BCUT2D eigenvalue weighted by Gasteiger charge is 2.16. The molecule has 0 aliphatic rings. The smallest absolute Gasteiger partial charge is 0.369 e. The lowest BCUT2D eigenvalue weighted by Crippen LogP contribution is -2.24. The first-order chi connectivity index (χ1) is 11.5. The van der Waals surface area contributed by atoms with Crippen LogP contribution in [0.25, 0.3) is 5.82 Å². The highest BCUT2D eigenvalue weighted by Crippen LogP contribution is 2.20. The van der Waals surface area contributed by atoms with Crippen molar-refractivity contribution in [1.82, 2.24) is 29.8 Å². The highest BCUT2D eigenvalue weighted by molar-refractivity contribution is 5.36. The molecule has 0 saturated heterocycles. The second-order valence-corrected chi connectivity index (χ2v) is 5.04. The van der Waals surface area contributed by atoms with Crippen LogP contribution in [-0.2, 0) is 13.7 Å². The van der Waals surface area contributed by atoms with Crippen LogP contribution in [0.1, 0.15) is 18.2 Å². The number of tetrazole rings is 1. The van der Waals surface area contributed by atoms with Crippen molar-refractivity contribution < 1.29 is 6.11 Å². The zero-order valence-corrected chi connectivity index (χ0v) is 13.0. The molecule has 0 aliphatic heterocycles. The number of para-hydroxylation sites is 1. The zero-order valence-electron chi connectivity index (χ0n) is 14.0. The predicted octanol–water partition coefficient (Wildman–Crippen LogP) is 0.952. The molecule has 0 fully saturated rings. The molecule has 0 atom stereocenters. The van der Waals surface area contributed by atoms with Gasteiger partial charge in [-0.1, -0.05) is 18.2 Å². The van der Waals surface area contributed by atoms with Crippen LogP contribution in [0.5, 0.6) is 5.75 Å². The molecule has 0 spiro atoms. The van der Waals surface area contributed by atoms with Gasteiger partial charge >= 0.3 is 5.69 Å². The summed E-state index contributed by atoms with van der Waals surface area (Å²) >= 11 is 0. The number of nitrogens with zero attached hydrogens (tertiary/aromatic N) is 6. The fraction of sp³-hybridized carbons (Fsp3) is 0.267. The molecule has 0 amide bonds. The van der Waals surface area contributed by atoms with Crippen LogP contribution in [-0.4, -0.2) is 29.8 Å². The van der Waals surface area contributed by atoms with Gasteiger partial charge in [-0.05, 0) is 35.9 Å². The third-order valence-electron chi connectivity index (χ3n) is 3.45. The van der Waals surface area contributed by atoms with Crippen molar-refractivity contribution >= 4 is 0 Å². The van der Waals surface area contributed by atoms with Crippen LogP contribution >= 0.6 is 0 Å². The summed E-state index contributed by atoms with van der Waals surface area (Å²) < 4.78 is 15.7. The third kappa shape index (κ3) is 2.83. The predicted molar refractivity (Wildman–Crippen MR) is 82.4 cm³/mol. The summed E-state index contributed by atoms with van der Waals surface area (Å²) in [5, 5.41) is 7.52. The first-order valence-electron chi connectivity index (χ1n) is 7.47. The Morgan fingerprint density at radius 3 is 2.78 bits per heavy atom. The van der Waals surface area contributed by atoms with Crippen LogP contribution in [0, 0.1) is 13.8 Å². The van der Waals surface area contributed by atoms with E-state index in [-0.39, 0.29) is 6.61 Å².